The van der Waals surface area contributed by atoms with E-state index in [1.54, 1.807) is 23.5 Å². The van der Waals surface area contributed by atoms with E-state index in [1.165, 1.54) is 0 Å². The second kappa shape index (κ2) is 6.60. The molecule has 20 heavy (non-hydrogen) atoms. The third-order valence-electron chi connectivity index (χ3n) is 2.71. The van der Waals surface area contributed by atoms with Crippen molar-refractivity contribution in [3.8, 4) is 0 Å². The van der Waals surface area contributed by atoms with Crippen molar-refractivity contribution in [3.63, 3.8) is 0 Å². The summed E-state index contributed by atoms with van der Waals surface area (Å²) in [5.74, 6) is -0.384. The molecule has 0 aliphatic carbocycles. The van der Waals surface area contributed by atoms with Gasteiger partial charge in [0.1, 0.15) is 4.99 Å². The molecule has 106 valence electrons. The molecule has 0 saturated carbocycles. The smallest absolute Gasteiger partial charge is 0.161 e. The number of rotatable bonds is 5. The van der Waals surface area contributed by atoms with Crippen molar-refractivity contribution < 1.29 is 4.39 Å². The minimum Gasteiger partial charge on any atom is -0.389 e. The summed E-state index contributed by atoms with van der Waals surface area (Å²) in [5.41, 5.74) is 7.45. The summed E-state index contributed by atoms with van der Waals surface area (Å²) >= 11 is 9.65. The van der Waals surface area contributed by atoms with E-state index in [-0.39, 0.29) is 10.8 Å². The standard InChI is InChI=1S/C13H13BrFN3S2/c1-7-18-8(6-20-7)4-5-17-10-3-2-9(13(16)19)11(14)12(10)15/h2-3,6,17H,4-5H2,1H3,(H2,16,19). The number of benzene rings is 1. The van der Waals surface area contributed by atoms with E-state index in [1.807, 2.05) is 12.3 Å². The Bertz CT molecular complexity index is 643. The maximum absolute atomic E-state index is 14.1. The monoisotopic (exact) mass is 373 g/mol. The maximum atomic E-state index is 14.1. The van der Waals surface area contributed by atoms with Gasteiger partial charge in [0.05, 0.1) is 20.9 Å². The van der Waals surface area contributed by atoms with Crippen LogP contribution in [-0.4, -0.2) is 16.5 Å². The van der Waals surface area contributed by atoms with Gasteiger partial charge in [0.2, 0.25) is 0 Å². The number of thiocarbonyl (C=S) groups is 1. The van der Waals surface area contributed by atoms with Crippen molar-refractivity contribution in [2.24, 2.45) is 5.73 Å². The van der Waals surface area contributed by atoms with Crippen LogP contribution in [0.1, 0.15) is 16.3 Å². The molecule has 3 N–H and O–H groups in total. The molecule has 0 spiro atoms. The lowest BCUT2D eigenvalue weighted by molar-refractivity contribution is 0.623. The zero-order valence-electron chi connectivity index (χ0n) is 10.7. The van der Waals surface area contributed by atoms with Crippen LogP contribution in [0.3, 0.4) is 0 Å². The largest absolute Gasteiger partial charge is 0.389 e. The van der Waals surface area contributed by atoms with Crippen LogP contribution in [-0.2, 0) is 6.42 Å². The van der Waals surface area contributed by atoms with E-state index in [0.29, 0.717) is 22.3 Å². The fourth-order valence-electron chi connectivity index (χ4n) is 1.72. The Labute approximate surface area is 134 Å². The Morgan fingerprint density at radius 2 is 2.30 bits per heavy atom. The van der Waals surface area contributed by atoms with Crippen LogP contribution in [0.4, 0.5) is 10.1 Å². The highest BCUT2D eigenvalue weighted by molar-refractivity contribution is 9.10. The van der Waals surface area contributed by atoms with Crippen molar-refractivity contribution in [2.75, 3.05) is 11.9 Å². The molecule has 1 aromatic carbocycles. The molecule has 3 nitrogen and oxygen atoms in total. The summed E-state index contributed by atoms with van der Waals surface area (Å²) in [6, 6.07) is 3.34. The van der Waals surface area contributed by atoms with Gasteiger partial charge in [0, 0.05) is 23.9 Å². The second-order valence-electron chi connectivity index (χ2n) is 4.19. The molecule has 1 heterocycles. The van der Waals surface area contributed by atoms with E-state index in [9.17, 15) is 4.39 Å². The van der Waals surface area contributed by atoms with Crippen LogP contribution >= 0.6 is 39.5 Å². The van der Waals surface area contributed by atoms with Crippen LogP contribution in [0.15, 0.2) is 22.0 Å². The lowest BCUT2D eigenvalue weighted by Gasteiger charge is -2.10. The Kier molecular flexibility index (Phi) is 5.06. The van der Waals surface area contributed by atoms with Crippen molar-refractivity contribution in [1.29, 1.82) is 0 Å². The molecule has 0 amide bonds. The highest BCUT2D eigenvalue weighted by Gasteiger charge is 2.12. The number of thiazole rings is 1. The first-order chi connectivity index (χ1) is 9.49. The van der Waals surface area contributed by atoms with Crippen molar-refractivity contribution in [2.45, 2.75) is 13.3 Å². The number of aromatic nitrogens is 1. The minimum atomic E-state index is -0.384. The predicted molar refractivity (Wildman–Crippen MR) is 89.0 cm³/mol. The second-order valence-corrected chi connectivity index (χ2v) is 6.48. The molecule has 0 aliphatic heterocycles. The first kappa shape index (κ1) is 15.3. The molecular weight excluding hydrogens is 361 g/mol. The van der Waals surface area contributed by atoms with Crippen LogP contribution in [0.5, 0.6) is 0 Å². The Morgan fingerprint density at radius 1 is 1.55 bits per heavy atom. The Morgan fingerprint density at radius 3 is 2.90 bits per heavy atom. The number of halogens is 2. The molecule has 0 radical (unpaired) electrons. The zero-order valence-corrected chi connectivity index (χ0v) is 14.0. The van der Waals surface area contributed by atoms with Gasteiger partial charge < -0.3 is 11.1 Å². The molecule has 0 fully saturated rings. The van der Waals surface area contributed by atoms with Gasteiger partial charge in [-0.25, -0.2) is 9.37 Å². The molecule has 2 aromatic rings. The van der Waals surface area contributed by atoms with Gasteiger partial charge in [-0.15, -0.1) is 11.3 Å². The minimum absolute atomic E-state index is 0.167. The van der Waals surface area contributed by atoms with Crippen molar-refractivity contribution in [3.05, 3.63) is 44.1 Å². The lowest BCUT2D eigenvalue weighted by atomic mass is 10.2. The summed E-state index contributed by atoms with van der Waals surface area (Å²) < 4.78 is 14.4. The van der Waals surface area contributed by atoms with Crippen LogP contribution in [0.2, 0.25) is 0 Å². The van der Waals surface area contributed by atoms with Crippen LogP contribution < -0.4 is 11.1 Å². The number of nitrogens with zero attached hydrogens (tertiary/aromatic N) is 1. The topological polar surface area (TPSA) is 50.9 Å². The fraction of sp³-hybridized carbons (Fsp3) is 0.231. The summed E-state index contributed by atoms with van der Waals surface area (Å²) in [5, 5.41) is 6.10. The van der Waals surface area contributed by atoms with Gasteiger partial charge in [-0.05, 0) is 35.0 Å². The fourth-order valence-corrected chi connectivity index (χ4v) is 3.23. The summed E-state index contributed by atoms with van der Waals surface area (Å²) in [6.07, 6.45) is 0.748. The number of hydrogen-bond donors (Lipinski definition) is 2. The highest BCUT2D eigenvalue weighted by Crippen LogP contribution is 2.27. The third kappa shape index (κ3) is 3.53. The Hall–Kier alpha value is -1.05. The number of anilines is 1. The molecule has 0 aliphatic rings. The first-order valence-electron chi connectivity index (χ1n) is 5.91. The van der Waals surface area contributed by atoms with Gasteiger partial charge in [-0.2, -0.15) is 0 Å². The van der Waals surface area contributed by atoms with Gasteiger partial charge in [0.25, 0.3) is 0 Å². The van der Waals surface area contributed by atoms with Gasteiger partial charge >= 0.3 is 0 Å². The van der Waals surface area contributed by atoms with Gasteiger partial charge in [-0.3, -0.25) is 0 Å². The number of aryl methyl sites for hydroxylation is 1. The first-order valence-corrected chi connectivity index (χ1v) is 8.00. The van der Waals surface area contributed by atoms with Gasteiger partial charge in [0.15, 0.2) is 5.82 Å². The van der Waals surface area contributed by atoms with Crippen molar-refractivity contribution >= 4 is 50.2 Å². The maximum Gasteiger partial charge on any atom is 0.161 e. The third-order valence-corrected chi connectivity index (χ3v) is 4.53. The van der Waals surface area contributed by atoms with E-state index < -0.39 is 0 Å². The lowest BCUT2D eigenvalue weighted by Crippen LogP contribution is -2.12. The van der Waals surface area contributed by atoms with E-state index in [0.717, 1.165) is 17.1 Å². The molecule has 0 unspecified atom stereocenters. The van der Waals surface area contributed by atoms with Crippen LogP contribution in [0, 0.1) is 12.7 Å². The average molecular weight is 374 g/mol. The summed E-state index contributed by atoms with van der Waals surface area (Å²) in [6.45, 7) is 2.58. The van der Waals surface area contributed by atoms with E-state index >= 15 is 0 Å². The molecule has 2 rings (SSSR count). The Balaban J connectivity index is 2.03. The normalized spacial score (nSPS) is 10.6. The highest BCUT2D eigenvalue weighted by atomic mass is 79.9. The average Bonchev–Trinajstić information content (AvgIpc) is 2.80. The molecular formula is C13H13BrFN3S2. The van der Waals surface area contributed by atoms with E-state index in [4.69, 9.17) is 18.0 Å². The number of nitrogens with two attached hydrogens (primary N) is 1. The number of nitrogens with one attached hydrogen (secondary N) is 1. The van der Waals surface area contributed by atoms with Gasteiger partial charge in [-0.1, -0.05) is 12.2 Å². The molecule has 0 saturated heterocycles. The molecule has 7 heteroatoms. The molecule has 0 atom stereocenters. The summed E-state index contributed by atoms with van der Waals surface area (Å²) in [7, 11) is 0. The SMILES string of the molecule is Cc1nc(CCNc2ccc(C(N)=S)c(Br)c2F)cs1. The summed E-state index contributed by atoms with van der Waals surface area (Å²) in [4.78, 5) is 4.53. The predicted octanol–water partition coefficient (Wildman–Crippen LogP) is 3.64. The number of hydrogen-bond acceptors (Lipinski definition) is 4. The van der Waals surface area contributed by atoms with E-state index in [2.05, 4.69) is 26.2 Å². The quantitative estimate of drug-likeness (QED) is 0.785. The van der Waals surface area contributed by atoms with Crippen molar-refractivity contribution in [1.82, 2.24) is 4.98 Å². The molecule has 1 aromatic heterocycles. The van der Waals surface area contributed by atoms with Crippen LogP contribution in [0.25, 0.3) is 0 Å². The molecule has 0 bridgehead atoms. The zero-order chi connectivity index (χ0) is 14.7.